The number of phenolic OH excluding ortho intramolecular Hbond substituents is 1. The molecule has 0 aliphatic heterocycles. The number of phenols is 1. The minimum Gasteiger partial charge on any atom is -0.507 e. The lowest BCUT2D eigenvalue weighted by molar-refractivity contribution is 0.390. The van der Waals surface area contributed by atoms with Crippen molar-refractivity contribution in [2.45, 2.75) is 26.3 Å². The van der Waals surface area contributed by atoms with Crippen LogP contribution in [-0.2, 0) is 0 Å². The molecule has 90 valence electrons. The zero-order chi connectivity index (χ0) is 12.5. The van der Waals surface area contributed by atoms with E-state index < -0.39 is 29.2 Å². The first-order chi connectivity index (χ1) is 7.34. The van der Waals surface area contributed by atoms with Crippen LogP contribution in [-0.4, -0.2) is 5.11 Å². The Morgan fingerprint density at radius 3 is 2.31 bits per heavy atom. The molecule has 1 atom stereocenters. The Morgan fingerprint density at radius 2 is 1.81 bits per heavy atom. The molecule has 0 fully saturated rings. The Kier molecular flexibility index (Phi) is 3.80. The zero-order valence-electron chi connectivity index (χ0n) is 9.10. The Bertz CT molecular complexity index is 393. The van der Waals surface area contributed by atoms with Gasteiger partial charge in [-0.05, 0) is 12.3 Å². The van der Waals surface area contributed by atoms with Gasteiger partial charge in [0.05, 0.1) is 0 Å². The molecule has 1 rings (SSSR count). The molecular formula is C11H14F3NO. The average molecular weight is 233 g/mol. The van der Waals surface area contributed by atoms with E-state index in [0.29, 0.717) is 12.5 Å². The van der Waals surface area contributed by atoms with Crippen molar-refractivity contribution in [1.82, 2.24) is 0 Å². The number of hydrogen-bond donors (Lipinski definition) is 2. The predicted molar refractivity (Wildman–Crippen MR) is 54.4 cm³/mol. The summed E-state index contributed by atoms with van der Waals surface area (Å²) in [6.45, 7) is 3.71. The van der Waals surface area contributed by atoms with Gasteiger partial charge >= 0.3 is 0 Å². The molecule has 1 aromatic rings. The van der Waals surface area contributed by atoms with Gasteiger partial charge in [-0.25, -0.2) is 13.2 Å². The highest BCUT2D eigenvalue weighted by Crippen LogP contribution is 2.32. The van der Waals surface area contributed by atoms with Crippen molar-refractivity contribution in [2.24, 2.45) is 11.7 Å². The Hall–Kier alpha value is -1.23. The maximum atomic E-state index is 13.4. The molecule has 5 heteroatoms. The smallest absolute Gasteiger partial charge is 0.195 e. The summed E-state index contributed by atoms with van der Waals surface area (Å²) in [6, 6.07) is -0.316. The first-order valence-electron chi connectivity index (χ1n) is 4.96. The monoisotopic (exact) mass is 233 g/mol. The third-order valence-corrected chi connectivity index (χ3v) is 2.27. The van der Waals surface area contributed by atoms with Gasteiger partial charge < -0.3 is 10.8 Å². The fourth-order valence-corrected chi connectivity index (χ4v) is 1.58. The van der Waals surface area contributed by atoms with Crippen molar-refractivity contribution in [3.05, 3.63) is 29.1 Å². The Balaban J connectivity index is 3.18. The molecule has 0 saturated heterocycles. The van der Waals surface area contributed by atoms with Crippen LogP contribution in [0.4, 0.5) is 13.2 Å². The fourth-order valence-electron chi connectivity index (χ4n) is 1.58. The van der Waals surface area contributed by atoms with Gasteiger partial charge in [-0.15, -0.1) is 0 Å². The van der Waals surface area contributed by atoms with Gasteiger partial charge in [0, 0.05) is 17.7 Å². The molecule has 0 radical (unpaired) electrons. The van der Waals surface area contributed by atoms with Gasteiger partial charge in [0.1, 0.15) is 5.75 Å². The summed E-state index contributed by atoms with van der Waals surface area (Å²) in [5.41, 5.74) is 5.26. The van der Waals surface area contributed by atoms with Crippen LogP contribution in [0.5, 0.6) is 5.75 Å². The number of rotatable bonds is 3. The summed E-state index contributed by atoms with van der Waals surface area (Å²) in [7, 11) is 0. The average Bonchev–Trinajstić information content (AvgIpc) is 2.13. The van der Waals surface area contributed by atoms with Crippen molar-refractivity contribution >= 4 is 0 Å². The van der Waals surface area contributed by atoms with E-state index >= 15 is 0 Å². The molecule has 0 unspecified atom stereocenters. The summed E-state index contributed by atoms with van der Waals surface area (Å²) < 4.78 is 39.1. The van der Waals surface area contributed by atoms with Gasteiger partial charge in [0.25, 0.3) is 0 Å². The van der Waals surface area contributed by atoms with E-state index in [9.17, 15) is 18.3 Å². The topological polar surface area (TPSA) is 46.2 Å². The van der Waals surface area contributed by atoms with Crippen molar-refractivity contribution in [2.75, 3.05) is 0 Å². The molecule has 0 saturated carbocycles. The lowest BCUT2D eigenvalue weighted by atomic mass is 9.96. The normalized spacial score (nSPS) is 13.2. The van der Waals surface area contributed by atoms with Gasteiger partial charge in [0.2, 0.25) is 0 Å². The van der Waals surface area contributed by atoms with Gasteiger partial charge in [0.15, 0.2) is 17.5 Å². The van der Waals surface area contributed by atoms with E-state index in [0.717, 1.165) is 0 Å². The van der Waals surface area contributed by atoms with Crippen LogP contribution in [0.15, 0.2) is 6.07 Å². The molecule has 0 aliphatic carbocycles. The van der Waals surface area contributed by atoms with Crippen LogP contribution in [0.1, 0.15) is 31.9 Å². The van der Waals surface area contributed by atoms with E-state index in [1.165, 1.54) is 0 Å². The highest BCUT2D eigenvalue weighted by molar-refractivity contribution is 5.37. The predicted octanol–water partition coefficient (Wildman–Crippen LogP) is 2.86. The molecule has 2 nitrogen and oxygen atoms in total. The second kappa shape index (κ2) is 4.74. The maximum Gasteiger partial charge on any atom is 0.195 e. The van der Waals surface area contributed by atoms with Gasteiger partial charge in [-0.1, -0.05) is 13.8 Å². The van der Waals surface area contributed by atoms with Crippen molar-refractivity contribution < 1.29 is 18.3 Å². The minimum atomic E-state index is -1.60. The molecule has 0 bridgehead atoms. The van der Waals surface area contributed by atoms with Crippen molar-refractivity contribution in [1.29, 1.82) is 0 Å². The fraction of sp³-hybridized carbons (Fsp3) is 0.455. The lowest BCUT2D eigenvalue weighted by Gasteiger charge is -2.17. The molecule has 16 heavy (non-hydrogen) atoms. The van der Waals surface area contributed by atoms with Crippen LogP contribution < -0.4 is 5.73 Å². The Labute approximate surface area is 91.9 Å². The van der Waals surface area contributed by atoms with Crippen LogP contribution >= 0.6 is 0 Å². The van der Waals surface area contributed by atoms with Gasteiger partial charge in [-0.2, -0.15) is 0 Å². The first-order valence-corrected chi connectivity index (χ1v) is 4.96. The summed E-state index contributed by atoms with van der Waals surface area (Å²) in [6.07, 6.45) is 0.371. The zero-order valence-corrected chi connectivity index (χ0v) is 9.10. The maximum absolute atomic E-state index is 13.4. The largest absolute Gasteiger partial charge is 0.507 e. The number of benzene rings is 1. The quantitative estimate of drug-likeness (QED) is 0.788. The molecule has 0 aromatic heterocycles. The number of aromatic hydroxyl groups is 1. The Morgan fingerprint density at radius 1 is 1.25 bits per heavy atom. The van der Waals surface area contributed by atoms with Crippen LogP contribution in [0.2, 0.25) is 0 Å². The molecule has 0 aliphatic rings. The third kappa shape index (κ3) is 2.47. The van der Waals surface area contributed by atoms with E-state index in [1.807, 2.05) is 13.8 Å². The highest BCUT2D eigenvalue weighted by atomic mass is 19.2. The molecule has 0 heterocycles. The van der Waals surface area contributed by atoms with Crippen LogP contribution in [0.25, 0.3) is 0 Å². The lowest BCUT2D eigenvalue weighted by Crippen LogP contribution is -2.16. The number of hydrogen-bond acceptors (Lipinski definition) is 2. The summed E-state index contributed by atoms with van der Waals surface area (Å²) in [5.74, 6) is -4.93. The number of nitrogens with two attached hydrogens (primary N) is 1. The third-order valence-electron chi connectivity index (χ3n) is 2.27. The highest BCUT2D eigenvalue weighted by Gasteiger charge is 2.23. The van der Waals surface area contributed by atoms with Crippen molar-refractivity contribution in [3.8, 4) is 5.75 Å². The van der Waals surface area contributed by atoms with E-state index in [2.05, 4.69) is 0 Å². The molecule has 1 aromatic carbocycles. The van der Waals surface area contributed by atoms with Crippen LogP contribution in [0.3, 0.4) is 0 Å². The summed E-state index contributed by atoms with van der Waals surface area (Å²) in [4.78, 5) is 0. The van der Waals surface area contributed by atoms with E-state index in [1.54, 1.807) is 0 Å². The number of halogens is 3. The second-order valence-electron chi connectivity index (χ2n) is 4.16. The van der Waals surface area contributed by atoms with E-state index in [4.69, 9.17) is 5.73 Å². The second-order valence-corrected chi connectivity index (χ2v) is 4.16. The molecule has 0 amide bonds. The molecule has 0 spiro atoms. The van der Waals surface area contributed by atoms with Gasteiger partial charge in [-0.3, -0.25) is 0 Å². The minimum absolute atomic E-state index is 0.155. The molecular weight excluding hydrogens is 219 g/mol. The summed E-state index contributed by atoms with van der Waals surface area (Å²) >= 11 is 0. The van der Waals surface area contributed by atoms with Crippen LogP contribution in [0, 0.1) is 23.4 Å². The standard InChI is InChI=1S/C11H14F3NO/c1-5(2)3-7(15)9-8(16)4-6(12)10(13)11(9)14/h4-5,7,16H,3,15H2,1-2H3/t7-/m0/s1. The SMILES string of the molecule is CC(C)C[C@H](N)c1c(O)cc(F)c(F)c1F. The summed E-state index contributed by atoms with van der Waals surface area (Å²) in [5, 5.41) is 9.35. The van der Waals surface area contributed by atoms with E-state index in [-0.39, 0.29) is 11.5 Å². The first kappa shape index (κ1) is 12.8. The molecule has 3 N–H and O–H groups in total. The van der Waals surface area contributed by atoms with Crippen molar-refractivity contribution in [3.63, 3.8) is 0 Å².